The van der Waals surface area contributed by atoms with E-state index in [4.69, 9.17) is 9.26 Å². The Kier molecular flexibility index (Phi) is 5.58. The summed E-state index contributed by atoms with van der Waals surface area (Å²) in [5, 5.41) is 6.88. The van der Waals surface area contributed by atoms with Crippen molar-refractivity contribution in [3.8, 4) is 0 Å². The van der Waals surface area contributed by atoms with Crippen molar-refractivity contribution in [3.05, 3.63) is 17.5 Å². The molecule has 6 nitrogen and oxygen atoms in total. The second-order valence-corrected chi connectivity index (χ2v) is 6.55. The van der Waals surface area contributed by atoms with Crippen molar-refractivity contribution in [3.63, 3.8) is 0 Å². The van der Waals surface area contributed by atoms with Crippen molar-refractivity contribution in [2.75, 3.05) is 13.1 Å². The predicted molar refractivity (Wildman–Crippen MR) is 83.3 cm³/mol. The van der Waals surface area contributed by atoms with E-state index >= 15 is 0 Å². The molecule has 0 unspecified atom stereocenters. The van der Waals surface area contributed by atoms with Gasteiger partial charge in [-0.3, -0.25) is 9.69 Å². The smallest absolute Gasteiger partial charge is 0.237 e. The van der Waals surface area contributed by atoms with E-state index in [1.807, 2.05) is 13.0 Å². The van der Waals surface area contributed by atoms with Gasteiger partial charge in [0.2, 0.25) is 5.91 Å². The lowest BCUT2D eigenvalue weighted by atomic mass is 9.99. The number of rotatable bonds is 5. The van der Waals surface area contributed by atoms with Crippen LogP contribution in [0.4, 0.5) is 0 Å². The van der Waals surface area contributed by atoms with Gasteiger partial charge in [-0.05, 0) is 26.7 Å². The quantitative estimate of drug-likeness (QED) is 0.897. The Morgan fingerprint density at radius 2 is 2.05 bits per heavy atom. The zero-order chi connectivity index (χ0) is 16.3. The van der Waals surface area contributed by atoms with E-state index in [1.54, 1.807) is 0 Å². The van der Waals surface area contributed by atoms with Gasteiger partial charge in [-0.15, -0.1) is 0 Å². The second kappa shape index (κ2) is 7.24. The maximum absolute atomic E-state index is 12.6. The number of ether oxygens (including phenoxy) is 1. The minimum Gasteiger partial charge on any atom is -0.373 e. The first kappa shape index (κ1) is 17.0. The van der Waals surface area contributed by atoms with Gasteiger partial charge >= 0.3 is 0 Å². The summed E-state index contributed by atoms with van der Waals surface area (Å²) in [6, 6.07) is 1.69. The molecule has 0 bridgehead atoms. The van der Waals surface area contributed by atoms with Crippen molar-refractivity contribution in [2.24, 2.45) is 5.92 Å². The molecule has 1 N–H and O–H groups in total. The molecule has 2 heterocycles. The van der Waals surface area contributed by atoms with Crippen LogP contribution in [0.3, 0.4) is 0 Å². The number of aryl methyl sites for hydroxylation is 1. The van der Waals surface area contributed by atoms with Gasteiger partial charge in [-0.25, -0.2) is 0 Å². The van der Waals surface area contributed by atoms with E-state index in [1.165, 1.54) is 0 Å². The van der Waals surface area contributed by atoms with Crippen LogP contribution in [0.2, 0.25) is 0 Å². The van der Waals surface area contributed by atoms with Crippen LogP contribution < -0.4 is 5.32 Å². The lowest BCUT2D eigenvalue weighted by Crippen LogP contribution is -2.56. The summed E-state index contributed by atoms with van der Waals surface area (Å²) in [6.45, 7) is 12.1. The maximum atomic E-state index is 12.6. The predicted octanol–water partition coefficient (Wildman–Crippen LogP) is 1.73. The monoisotopic (exact) mass is 309 g/mol. The van der Waals surface area contributed by atoms with Crippen LogP contribution in [0.1, 0.15) is 39.1 Å². The number of hydrogen-bond donors (Lipinski definition) is 1. The molecule has 3 atom stereocenters. The van der Waals surface area contributed by atoms with Crippen molar-refractivity contribution >= 4 is 5.91 Å². The highest BCUT2D eigenvalue weighted by Crippen LogP contribution is 2.18. The average molecular weight is 309 g/mol. The molecule has 6 heteroatoms. The van der Waals surface area contributed by atoms with E-state index < -0.39 is 0 Å². The molecule has 1 aliphatic heterocycles. The minimum atomic E-state index is -0.151. The third-order valence-corrected chi connectivity index (χ3v) is 3.86. The SMILES string of the molecule is Cc1cc(CNC(=O)[C@H](C(C)C)N2C[C@H](C)O[C@@H](C)C2)no1. The topological polar surface area (TPSA) is 67.6 Å². The second-order valence-electron chi connectivity index (χ2n) is 6.55. The van der Waals surface area contributed by atoms with E-state index in [0.29, 0.717) is 6.54 Å². The van der Waals surface area contributed by atoms with Crippen LogP contribution in [0.15, 0.2) is 10.6 Å². The highest BCUT2D eigenvalue weighted by atomic mass is 16.5. The fraction of sp³-hybridized carbons (Fsp3) is 0.750. The van der Waals surface area contributed by atoms with Crippen LogP contribution in [-0.4, -0.2) is 47.3 Å². The van der Waals surface area contributed by atoms with E-state index in [-0.39, 0.29) is 30.1 Å². The lowest BCUT2D eigenvalue weighted by Gasteiger charge is -2.40. The molecule has 0 aliphatic carbocycles. The normalized spacial score (nSPS) is 24.5. The van der Waals surface area contributed by atoms with Gasteiger partial charge in [0.1, 0.15) is 11.5 Å². The molecule has 124 valence electrons. The molecule has 1 amide bonds. The van der Waals surface area contributed by atoms with Crippen LogP contribution >= 0.6 is 0 Å². The summed E-state index contributed by atoms with van der Waals surface area (Å²) in [6.07, 6.45) is 0.298. The number of amides is 1. The van der Waals surface area contributed by atoms with Gasteiger partial charge in [0, 0.05) is 19.2 Å². The fourth-order valence-corrected chi connectivity index (χ4v) is 3.12. The molecule has 0 radical (unpaired) electrons. The zero-order valence-electron chi connectivity index (χ0n) is 14.1. The standard InChI is InChI=1S/C16H27N3O3/c1-10(2)15(19-8-12(4)21-13(5)9-19)16(20)17-7-14-6-11(3)22-18-14/h6,10,12-13,15H,7-9H2,1-5H3,(H,17,20)/t12-,13-,15-/m0/s1. The van der Waals surface area contributed by atoms with E-state index in [0.717, 1.165) is 24.5 Å². The molecular weight excluding hydrogens is 282 g/mol. The maximum Gasteiger partial charge on any atom is 0.237 e. The number of carbonyl (C=O) groups is 1. The van der Waals surface area contributed by atoms with E-state index in [2.05, 4.69) is 43.1 Å². The van der Waals surface area contributed by atoms with Gasteiger partial charge in [0.05, 0.1) is 24.8 Å². The van der Waals surface area contributed by atoms with Crippen molar-refractivity contribution in [1.29, 1.82) is 0 Å². The van der Waals surface area contributed by atoms with Crippen LogP contribution in [0.25, 0.3) is 0 Å². The molecule has 1 aromatic rings. The Morgan fingerprint density at radius 3 is 2.55 bits per heavy atom. The molecule has 0 saturated carbocycles. The Bertz CT molecular complexity index is 491. The molecule has 1 saturated heterocycles. The molecule has 0 spiro atoms. The van der Waals surface area contributed by atoms with Gasteiger partial charge in [-0.1, -0.05) is 19.0 Å². The fourth-order valence-electron chi connectivity index (χ4n) is 3.12. The van der Waals surface area contributed by atoms with Crippen molar-refractivity contribution < 1.29 is 14.1 Å². The third kappa shape index (κ3) is 4.30. The summed E-state index contributed by atoms with van der Waals surface area (Å²) < 4.78 is 10.8. The van der Waals surface area contributed by atoms with Gasteiger partial charge in [0.15, 0.2) is 0 Å². The summed E-state index contributed by atoms with van der Waals surface area (Å²) in [5.41, 5.74) is 0.747. The molecule has 2 rings (SSSR count). The molecule has 0 aromatic carbocycles. The number of carbonyl (C=O) groups excluding carboxylic acids is 1. The van der Waals surface area contributed by atoms with Gasteiger partial charge in [-0.2, -0.15) is 0 Å². The molecule has 1 aromatic heterocycles. The first-order valence-corrected chi connectivity index (χ1v) is 7.96. The van der Waals surface area contributed by atoms with Crippen molar-refractivity contribution in [1.82, 2.24) is 15.4 Å². The first-order chi connectivity index (χ1) is 10.4. The summed E-state index contributed by atoms with van der Waals surface area (Å²) in [4.78, 5) is 14.9. The number of aromatic nitrogens is 1. The number of nitrogens with zero attached hydrogens (tertiary/aromatic N) is 2. The Morgan fingerprint density at radius 1 is 1.41 bits per heavy atom. The van der Waals surface area contributed by atoms with Gasteiger partial charge in [0.25, 0.3) is 0 Å². The number of morpholine rings is 1. The van der Waals surface area contributed by atoms with E-state index in [9.17, 15) is 4.79 Å². The van der Waals surface area contributed by atoms with Crippen LogP contribution in [0.5, 0.6) is 0 Å². The third-order valence-electron chi connectivity index (χ3n) is 3.86. The molecule has 22 heavy (non-hydrogen) atoms. The number of hydrogen-bond acceptors (Lipinski definition) is 5. The lowest BCUT2D eigenvalue weighted by molar-refractivity contribution is -0.135. The van der Waals surface area contributed by atoms with Crippen LogP contribution in [0, 0.1) is 12.8 Å². The Hall–Kier alpha value is -1.40. The van der Waals surface area contributed by atoms with Crippen LogP contribution in [-0.2, 0) is 16.1 Å². The largest absolute Gasteiger partial charge is 0.373 e. The Labute approximate surface area is 132 Å². The summed E-state index contributed by atoms with van der Waals surface area (Å²) in [5.74, 6) is 1.02. The number of nitrogens with one attached hydrogen (secondary N) is 1. The van der Waals surface area contributed by atoms with Gasteiger partial charge < -0.3 is 14.6 Å². The molecule has 1 aliphatic rings. The summed E-state index contributed by atoms with van der Waals surface area (Å²) in [7, 11) is 0. The average Bonchev–Trinajstić information content (AvgIpc) is 2.81. The first-order valence-electron chi connectivity index (χ1n) is 7.96. The molecule has 1 fully saturated rings. The Balaban J connectivity index is 1.98. The highest BCUT2D eigenvalue weighted by molar-refractivity contribution is 5.82. The van der Waals surface area contributed by atoms with Crippen molar-refractivity contribution in [2.45, 2.75) is 59.4 Å². The minimum absolute atomic E-state index is 0.0388. The summed E-state index contributed by atoms with van der Waals surface area (Å²) >= 11 is 0. The molecular formula is C16H27N3O3. The zero-order valence-corrected chi connectivity index (χ0v) is 14.1. The highest BCUT2D eigenvalue weighted by Gasteiger charge is 2.34.